The first-order valence-corrected chi connectivity index (χ1v) is 5.35. The van der Waals surface area contributed by atoms with Crippen LogP contribution in [0, 0.1) is 0 Å². The normalized spacial score (nSPS) is 10.3. The Bertz CT molecular complexity index is 175. The predicted molar refractivity (Wildman–Crippen MR) is 59.5 cm³/mol. The van der Waals surface area contributed by atoms with E-state index in [1.807, 2.05) is 0 Å². The van der Waals surface area contributed by atoms with E-state index in [-0.39, 0.29) is 24.7 Å². The Balaban J connectivity index is 3.11. The van der Waals surface area contributed by atoms with Gasteiger partial charge in [-0.1, -0.05) is 0 Å². The topological polar surface area (TPSA) is 98.2 Å². The molecule has 0 bridgehead atoms. The number of hydrogen-bond donors (Lipinski definition) is 3. The van der Waals surface area contributed by atoms with Crippen LogP contribution in [0.4, 0.5) is 0 Å². The number of nitrogens with one attached hydrogen (secondary N) is 1. The molecule has 0 spiro atoms. The van der Waals surface area contributed by atoms with Gasteiger partial charge in [-0.3, -0.25) is 9.59 Å². The maximum Gasteiger partial charge on any atom is 0.146 e. The summed E-state index contributed by atoms with van der Waals surface area (Å²) < 4.78 is 0. The fraction of sp³-hybridized carbons (Fsp3) is 0.800. The summed E-state index contributed by atoms with van der Waals surface area (Å²) in [5.41, 5.74) is 10.3. The van der Waals surface area contributed by atoms with E-state index < -0.39 is 0 Å². The molecule has 0 aliphatic carbocycles. The van der Waals surface area contributed by atoms with Gasteiger partial charge in [0.05, 0.1) is 13.1 Å². The van der Waals surface area contributed by atoms with Crippen molar-refractivity contribution < 1.29 is 9.59 Å². The van der Waals surface area contributed by atoms with Crippen LogP contribution in [0.3, 0.4) is 0 Å². The van der Waals surface area contributed by atoms with Crippen LogP contribution in [0.25, 0.3) is 0 Å². The third kappa shape index (κ3) is 9.52. The van der Waals surface area contributed by atoms with E-state index in [1.165, 1.54) is 0 Å². The van der Waals surface area contributed by atoms with Crippen LogP contribution in [0.1, 0.15) is 25.7 Å². The summed E-state index contributed by atoms with van der Waals surface area (Å²) in [6, 6.07) is 0. The highest BCUT2D eigenvalue weighted by molar-refractivity contribution is 5.80. The van der Waals surface area contributed by atoms with Crippen molar-refractivity contribution in [3.05, 3.63) is 0 Å². The Morgan fingerprint density at radius 1 is 0.867 bits per heavy atom. The Morgan fingerprint density at radius 3 is 1.60 bits per heavy atom. The number of carbonyl (C=O) groups is 2. The van der Waals surface area contributed by atoms with E-state index in [1.54, 1.807) is 0 Å². The van der Waals surface area contributed by atoms with Gasteiger partial charge in [-0.2, -0.15) is 0 Å². The SMILES string of the molecule is NCC(=O)CCCNCCCC(=O)CN. The van der Waals surface area contributed by atoms with E-state index >= 15 is 0 Å². The molecule has 0 aliphatic heterocycles. The predicted octanol–water partition coefficient (Wildman–Crippen LogP) is -0.808. The average Bonchev–Trinajstić information content (AvgIpc) is 2.26. The molecule has 0 aromatic carbocycles. The fourth-order valence-electron chi connectivity index (χ4n) is 1.15. The van der Waals surface area contributed by atoms with Gasteiger partial charge in [-0.05, 0) is 25.9 Å². The summed E-state index contributed by atoms with van der Waals surface area (Å²) in [5.74, 6) is 0.185. The molecule has 0 amide bonds. The van der Waals surface area contributed by atoms with Crippen molar-refractivity contribution in [2.24, 2.45) is 11.5 Å². The summed E-state index contributed by atoms with van der Waals surface area (Å²) in [4.78, 5) is 21.6. The Kier molecular flexibility index (Phi) is 9.26. The molecular formula is C10H21N3O2. The van der Waals surface area contributed by atoms with Crippen molar-refractivity contribution in [1.29, 1.82) is 0 Å². The first-order chi connectivity index (χ1) is 7.20. The smallest absolute Gasteiger partial charge is 0.146 e. The van der Waals surface area contributed by atoms with Crippen LogP contribution in [-0.4, -0.2) is 37.7 Å². The molecule has 0 heterocycles. The Morgan fingerprint density at radius 2 is 1.27 bits per heavy atom. The summed E-state index contributed by atoms with van der Waals surface area (Å²) in [6.45, 7) is 1.85. The zero-order chi connectivity index (χ0) is 11.5. The number of ketones is 2. The van der Waals surface area contributed by atoms with Crippen LogP contribution in [0.5, 0.6) is 0 Å². The van der Waals surface area contributed by atoms with Crippen LogP contribution in [0.15, 0.2) is 0 Å². The quantitative estimate of drug-likeness (QED) is 0.414. The van der Waals surface area contributed by atoms with Gasteiger partial charge in [-0.15, -0.1) is 0 Å². The van der Waals surface area contributed by atoms with Crippen molar-refractivity contribution in [3.63, 3.8) is 0 Å². The van der Waals surface area contributed by atoms with E-state index in [9.17, 15) is 9.59 Å². The molecule has 0 aromatic rings. The van der Waals surface area contributed by atoms with Crippen LogP contribution in [0.2, 0.25) is 0 Å². The number of rotatable bonds is 10. The molecule has 0 rings (SSSR count). The van der Waals surface area contributed by atoms with Crippen molar-refractivity contribution in [3.8, 4) is 0 Å². The number of nitrogens with two attached hydrogens (primary N) is 2. The summed E-state index contributed by atoms with van der Waals surface area (Å²) in [5, 5.41) is 3.16. The Labute approximate surface area is 90.6 Å². The second kappa shape index (κ2) is 9.76. The minimum Gasteiger partial charge on any atom is -0.324 e. The summed E-state index contributed by atoms with van der Waals surface area (Å²) >= 11 is 0. The van der Waals surface area contributed by atoms with Gasteiger partial charge in [0, 0.05) is 12.8 Å². The molecule has 5 nitrogen and oxygen atoms in total. The molecule has 0 saturated heterocycles. The highest BCUT2D eigenvalue weighted by atomic mass is 16.1. The number of carbonyl (C=O) groups excluding carboxylic acids is 2. The minimum absolute atomic E-state index is 0.0927. The standard InChI is InChI=1S/C10H21N3O2/c11-7-9(14)3-1-5-13-6-2-4-10(15)8-12/h13H,1-8,11-12H2. The largest absolute Gasteiger partial charge is 0.324 e. The maximum absolute atomic E-state index is 10.8. The van der Waals surface area contributed by atoms with Gasteiger partial charge < -0.3 is 16.8 Å². The van der Waals surface area contributed by atoms with Crippen molar-refractivity contribution >= 4 is 11.6 Å². The molecule has 0 aliphatic rings. The van der Waals surface area contributed by atoms with Gasteiger partial charge in [0.1, 0.15) is 11.6 Å². The second-order valence-electron chi connectivity index (χ2n) is 3.44. The monoisotopic (exact) mass is 215 g/mol. The molecule has 15 heavy (non-hydrogen) atoms. The van der Waals surface area contributed by atoms with Crippen LogP contribution in [-0.2, 0) is 9.59 Å². The lowest BCUT2D eigenvalue weighted by atomic mass is 10.2. The lowest BCUT2D eigenvalue weighted by Gasteiger charge is -2.03. The Hall–Kier alpha value is -0.780. The maximum atomic E-state index is 10.8. The highest BCUT2D eigenvalue weighted by Crippen LogP contribution is 1.90. The first-order valence-electron chi connectivity index (χ1n) is 5.35. The van der Waals surface area contributed by atoms with Gasteiger partial charge in [0.2, 0.25) is 0 Å². The zero-order valence-electron chi connectivity index (χ0n) is 9.13. The van der Waals surface area contributed by atoms with Crippen LogP contribution >= 0.6 is 0 Å². The molecule has 0 saturated carbocycles. The molecule has 5 N–H and O–H groups in total. The summed E-state index contributed by atoms with van der Waals surface area (Å²) in [6.07, 6.45) is 2.68. The molecule has 0 aromatic heterocycles. The van der Waals surface area contributed by atoms with Gasteiger partial charge in [0.15, 0.2) is 0 Å². The average molecular weight is 215 g/mol. The lowest BCUT2D eigenvalue weighted by Crippen LogP contribution is -2.21. The first kappa shape index (κ1) is 14.2. The number of hydrogen-bond acceptors (Lipinski definition) is 5. The third-order valence-electron chi connectivity index (χ3n) is 2.07. The molecule has 0 unspecified atom stereocenters. The lowest BCUT2D eigenvalue weighted by molar-refractivity contribution is -0.118. The van der Waals surface area contributed by atoms with Crippen molar-refractivity contribution in [2.75, 3.05) is 26.2 Å². The summed E-state index contributed by atoms with van der Waals surface area (Å²) in [7, 11) is 0. The molecule has 5 heteroatoms. The third-order valence-corrected chi connectivity index (χ3v) is 2.07. The van der Waals surface area contributed by atoms with Crippen LogP contribution < -0.4 is 16.8 Å². The fourth-order valence-corrected chi connectivity index (χ4v) is 1.15. The van der Waals surface area contributed by atoms with E-state index in [0.29, 0.717) is 12.8 Å². The molecule has 0 radical (unpaired) electrons. The van der Waals surface area contributed by atoms with Crippen molar-refractivity contribution in [2.45, 2.75) is 25.7 Å². The molecular weight excluding hydrogens is 194 g/mol. The highest BCUT2D eigenvalue weighted by Gasteiger charge is 1.99. The van der Waals surface area contributed by atoms with Crippen molar-refractivity contribution in [1.82, 2.24) is 5.32 Å². The molecule has 88 valence electrons. The van der Waals surface area contributed by atoms with Gasteiger partial charge >= 0.3 is 0 Å². The van der Waals surface area contributed by atoms with E-state index in [4.69, 9.17) is 11.5 Å². The van der Waals surface area contributed by atoms with Gasteiger partial charge in [0.25, 0.3) is 0 Å². The number of Topliss-reactive ketones (excluding diaryl/α,β-unsaturated/α-hetero) is 2. The molecule has 0 fully saturated rings. The van der Waals surface area contributed by atoms with E-state index in [0.717, 1.165) is 25.9 Å². The van der Waals surface area contributed by atoms with Gasteiger partial charge in [-0.25, -0.2) is 0 Å². The van der Waals surface area contributed by atoms with E-state index in [2.05, 4.69) is 5.32 Å². The second-order valence-corrected chi connectivity index (χ2v) is 3.44. The minimum atomic E-state index is 0.0927. The zero-order valence-corrected chi connectivity index (χ0v) is 9.13. The molecule has 0 atom stereocenters.